The number of nitrogens with one attached hydrogen (secondary N) is 2. The van der Waals surface area contributed by atoms with Gasteiger partial charge in [-0.3, -0.25) is 9.67 Å². The molecule has 0 aliphatic carbocycles. The zero-order chi connectivity index (χ0) is 19.9. The van der Waals surface area contributed by atoms with E-state index < -0.39 is 0 Å². The van der Waals surface area contributed by atoms with Gasteiger partial charge in [-0.2, -0.15) is 5.10 Å². The van der Waals surface area contributed by atoms with Crippen molar-refractivity contribution >= 4 is 44.0 Å². The summed E-state index contributed by atoms with van der Waals surface area (Å²) < 4.78 is 1.98. The van der Waals surface area contributed by atoms with Gasteiger partial charge in [0.05, 0.1) is 29.3 Å². The highest BCUT2D eigenvalue weighted by molar-refractivity contribution is 7.19. The first-order valence-electron chi connectivity index (χ1n) is 9.93. The summed E-state index contributed by atoms with van der Waals surface area (Å²) >= 11 is 1.76. The molecule has 1 aromatic carbocycles. The third-order valence-electron chi connectivity index (χ3n) is 5.45. The van der Waals surface area contributed by atoms with Crippen LogP contribution >= 0.6 is 11.3 Å². The number of hydrogen-bond acceptors (Lipinski definition) is 7. The number of rotatable bonds is 4. The van der Waals surface area contributed by atoms with Crippen LogP contribution in [0.2, 0.25) is 0 Å². The molecule has 30 heavy (non-hydrogen) atoms. The molecule has 2 N–H and O–H groups in total. The van der Waals surface area contributed by atoms with Crippen molar-refractivity contribution < 1.29 is 0 Å². The third-order valence-corrected chi connectivity index (χ3v) is 6.59. The van der Waals surface area contributed by atoms with Crippen LogP contribution in [-0.4, -0.2) is 31.3 Å². The molecule has 5 aromatic rings. The van der Waals surface area contributed by atoms with Gasteiger partial charge in [-0.1, -0.05) is 6.07 Å². The van der Waals surface area contributed by atoms with Gasteiger partial charge in [-0.15, -0.1) is 11.3 Å². The molecule has 0 saturated heterocycles. The summed E-state index contributed by atoms with van der Waals surface area (Å²) in [5.74, 6) is 0.875. The van der Waals surface area contributed by atoms with Crippen LogP contribution in [0.25, 0.3) is 21.1 Å². The van der Waals surface area contributed by atoms with Crippen LogP contribution in [-0.2, 0) is 19.5 Å². The number of benzene rings is 1. The maximum absolute atomic E-state index is 4.56. The Labute approximate surface area is 176 Å². The zero-order valence-corrected chi connectivity index (χ0v) is 17.0. The molecule has 0 unspecified atom stereocenters. The predicted molar refractivity (Wildman–Crippen MR) is 119 cm³/mol. The lowest BCUT2D eigenvalue weighted by Gasteiger charge is -2.14. The van der Waals surface area contributed by atoms with E-state index in [1.165, 1.54) is 10.4 Å². The fourth-order valence-corrected chi connectivity index (χ4v) is 5.18. The summed E-state index contributed by atoms with van der Waals surface area (Å²) in [6, 6.07) is 12.2. The van der Waals surface area contributed by atoms with Gasteiger partial charge in [0.2, 0.25) is 0 Å². The van der Waals surface area contributed by atoms with E-state index in [0.717, 1.165) is 57.8 Å². The molecule has 0 saturated carbocycles. The third kappa shape index (κ3) is 3.01. The van der Waals surface area contributed by atoms with E-state index in [4.69, 9.17) is 0 Å². The first-order chi connectivity index (χ1) is 14.8. The lowest BCUT2D eigenvalue weighted by Crippen LogP contribution is -2.22. The Morgan fingerprint density at radius 2 is 2.13 bits per heavy atom. The number of anilines is 2. The van der Waals surface area contributed by atoms with E-state index in [2.05, 4.69) is 48.9 Å². The summed E-state index contributed by atoms with van der Waals surface area (Å²) in [4.78, 5) is 15.9. The Morgan fingerprint density at radius 1 is 1.13 bits per heavy atom. The maximum atomic E-state index is 4.56. The topological polar surface area (TPSA) is 80.5 Å². The van der Waals surface area contributed by atoms with Crippen molar-refractivity contribution in [3.05, 3.63) is 71.3 Å². The number of hydrogen-bond donors (Lipinski definition) is 2. The smallest absolute Gasteiger partial charge is 0.142 e. The Kier molecular flexibility index (Phi) is 4.17. The van der Waals surface area contributed by atoms with E-state index >= 15 is 0 Å². The van der Waals surface area contributed by atoms with Gasteiger partial charge in [-0.25, -0.2) is 9.97 Å². The van der Waals surface area contributed by atoms with Crippen LogP contribution in [0.4, 0.5) is 11.5 Å². The summed E-state index contributed by atoms with van der Waals surface area (Å²) in [6.45, 7) is 2.56. The fourth-order valence-electron chi connectivity index (χ4n) is 4.03. The van der Waals surface area contributed by atoms with Crippen LogP contribution in [0.5, 0.6) is 0 Å². The summed E-state index contributed by atoms with van der Waals surface area (Å²) in [5, 5.41) is 13.8. The van der Waals surface area contributed by atoms with Crippen molar-refractivity contribution in [3.8, 4) is 0 Å². The molecule has 1 aliphatic heterocycles. The van der Waals surface area contributed by atoms with E-state index in [9.17, 15) is 0 Å². The first-order valence-corrected chi connectivity index (χ1v) is 10.8. The molecule has 5 heterocycles. The van der Waals surface area contributed by atoms with Gasteiger partial charge >= 0.3 is 0 Å². The number of fused-ring (bicyclic) bond motifs is 4. The van der Waals surface area contributed by atoms with Crippen LogP contribution in [0.1, 0.15) is 16.1 Å². The zero-order valence-electron chi connectivity index (χ0n) is 16.2. The molecule has 7 nitrogen and oxygen atoms in total. The molecular weight excluding hydrogens is 394 g/mol. The van der Waals surface area contributed by atoms with Crippen LogP contribution in [0, 0.1) is 0 Å². The average Bonchev–Trinajstić information content (AvgIpc) is 3.36. The first kappa shape index (κ1) is 17.5. The molecule has 0 radical (unpaired) electrons. The van der Waals surface area contributed by atoms with Gasteiger partial charge in [0, 0.05) is 28.7 Å². The van der Waals surface area contributed by atoms with Crippen molar-refractivity contribution in [2.75, 3.05) is 11.9 Å². The van der Waals surface area contributed by atoms with Gasteiger partial charge in [0.25, 0.3) is 0 Å². The summed E-state index contributed by atoms with van der Waals surface area (Å²) in [6.07, 6.45) is 6.36. The monoisotopic (exact) mass is 413 g/mol. The lowest BCUT2D eigenvalue weighted by molar-refractivity contribution is 0.657. The van der Waals surface area contributed by atoms with Gasteiger partial charge in [-0.05, 0) is 48.9 Å². The normalized spacial score (nSPS) is 13.6. The van der Waals surface area contributed by atoms with Crippen molar-refractivity contribution in [3.63, 3.8) is 0 Å². The molecule has 148 valence electrons. The molecule has 4 aromatic heterocycles. The molecular formula is C22H19N7S. The minimum absolute atomic E-state index is 0.652. The van der Waals surface area contributed by atoms with Crippen LogP contribution in [0.3, 0.4) is 0 Å². The number of pyridine rings is 1. The van der Waals surface area contributed by atoms with Crippen molar-refractivity contribution in [1.29, 1.82) is 0 Å². The minimum atomic E-state index is 0.652. The number of thiophene rings is 1. The van der Waals surface area contributed by atoms with Crippen LogP contribution in [0.15, 0.2) is 55.1 Å². The van der Waals surface area contributed by atoms with Crippen molar-refractivity contribution in [2.24, 2.45) is 0 Å². The van der Waals surface area contributed by atoms with Crippen LogP contribution < -0.4 is 10.6 Å². The SMILES string of the molecule is c1ccc(Cn2ncc3cc(Nc4ncnc5sc6c(c45)CCNC6)ccc32)nc1. The predicted octanol–water partition coefficient (Wildman–Crippen LogP) is 3.87. The molecule has 1 aliphatic rings. The van der Waals surface area contributed by atoms with Crippen molar-refractivity contribution in [2.45, 2.75) is 19.5 Å². The second-order valence-electron chi connectivity index (χ2n) is 7.35. The maximum Gasteiger partial charge on any atom is 0.142 e. The second kappa shape index (κ2) is 7.16. The molecule has 0 spiro atoms. The van der Waals surface area contributed by atoms with Gasteiger partial charge in [0.15, 0.2) is 0 Å². The molecule has 6 rings (SSSR count). The van der Waals surface area contributed by atoms with Gasteiger partial charge in [0.1, 0.15) is 17.0 Å². The minimum Gasteiger partial charge on any atom is -0.340 e. The standard InChI is InChI=1S/C22H19N7S/c1-2-7-24-16(3-1)12-29-18-5-4-15(9-14(18)10-27-29)28-21-20-17-6-8-23-11-19(17)30-22(20)26-13-25-21/h1-5,7,9-10,13,23H,6,8,11-12H2,(H,25,26,28). The Hall–Kier alpha value is -3.36. The molecule has 8 heteroatoms. The Morgan fingerprint density at radius 3 is 3.07 bits per heavy atom. The fraction of sp³-hybridized carbons (Fsp3) is 0.182. The molecule has 0 atom stereocenters. The highest BCUT2D eigenvalue weighted by Crippen LogP contribution is 2.36. The van der Waals surface area contributed by atoms with Crippen molar-refractivity contribution in [1.82, 2.24) is 30.0 Å². The Bertz CT molecular complexity index is 1360. The van der Waals surface area contributed by atoms with E-state index in [1.54, 1.807) is 17.7 Å². The molecule has 0 bridgehead atoms. The highest BCUT2D eigenvalue weighted by Gasteiger charge is 2.19. The number of aromatic nitrogens is 5. The summed E-state index contributed by atoms with van der Waals surface area (Å²) in [5.41, 5.74) is 4.44. The van der Waals surface area contributed by atoms with Gasteiger partial charge < -0.3 is 10.6 Å². The average molecular weight is 414 g/mol. The largest absolute Gasteiger partial charge is 0.340 e. The van der Waals surface area contributed by atoms with E-state index in [-0.39, 0.29) is 0 Å². The van der Waals surface area contributed by atoms with E-state index in [0.29, 0.717) is 6.54 Å². The highest BCUT2D eigenvalue weighted by atomic mass is 32.1. The lowest BCUT2D eigenvalue weighted by atomic mass is 10.1. The molecule has 0 amide bonds. The quantitative estimate of drug-likeness (QED) is 0.466. The number of nitrogens with zero attached hydrogens (tertiary/aromatic N) is 5. The second-order valence-corrected chi connectivity index (χ2v) is 8.44. The molecule has 0 fully saturated rings. The van der Waals surface area contributed by atoms with E-state index in [1.807, 2.05) is 35.3 Å². The summed E-state index contributed by atoms with van der Waals surface area (Å²) in [7, 11) is 0. The Balaban J connectivity index is 1.34.